The average molecular weight is 272 g/mol. The summed E-state index contributed by atoms with van der Waals surface area (Å²) >= 11 is 0. The van der Waals surface area contributed by atoms with Gasteiger partial charge in [0.25, 0.3) is 0 Å². The molecule has 1 fully saturated rings. The van der Waals surface area contributed by atoms with E-state index in [2.05, 4.69) is 5.32 Å². The number of carboxylic acids is 1. The molecule has 0 heterocycles. The summed E-state index contributed by atoms with van der Waals surface area (Å²) in [5.41, 5.74) is -1.22. The molecule has 0 aromatic heterocycles. The van der Waals surface area contributed by atoms with Crippen LogP contribution in [0.25, 0.3) is 0 Å². The topological polar surface area (TPSA) is 78.9 Å². The van der Waals surface area contributed by atoms with Gasteiger partial charge in [0.15, 0.2) is 0 Å². The van der Waals surface area contributed by atoms with Crippen molar-refractivity contribution in [3.8, 4) is 0 Å². The van der Waals surface area contributed by atoms with Gasteiger partial charge in [-0.05, 0) is 40.0 Å². The Morgan fingerprint density at radius 3 is 2.53 bits per heavy atom. The van der Waals surface area contributed by atoms with Gasteiger partial charge in [0.1, 0.15) is 5.54 Å². The Balaban J connectivity index is 2.72. The molecule has 19 heavy (non-hydrogen) atoms. The van der Waals surface area contributed by atoms with Crippen molar-refractivity contribution in [2.24, 2.45) is 0 Å². The first-order valence-corrected chi connectivity index (χ1v) is 6.68. The predicted molar refractivity (Wildman–Crippen MR) is 71.1 cm³/mol. The second-order valence-corrected chi connectivity index (χ2v) is 5.37. The van der Waals surface area contributed by atoms with E-state index in [4.69, 9.17) is 4.74 Å². The molecule has 0 spiro atoms. The Hall–Kier alpha value is -1.30. The first-order chi connectivity index (χ1) is 8.84. The van der Waals surface area contributed by atoms with E-state index in [-0.39, 0.29) is 18.2 Å². The Morgan fingerprint density at radius 1 is 1.42 bits per heavy atom. The molecule has 1 saturated carbocycles. The number of hydrogen-bond donors (Lipinski definition) is 2. The van der Waals surface area contributed by atoms with Gasteiger partial charge in [-0.2, -0.15) is 0 Å². The zero-order valence-corrected chi connectivity index (χ0v) is 12.1. The molecule has 2 N–H and O–H groups in total. The van der Waals surface area contributed by atoms with Crippen molar-refractivity contribution in [1.82, 2.24) is 10.2 Å². The molecule has 2 unspecified atom stereocenters. The van der Waals surface area contributed by atoms with Crippen molar-refractivity contribution in [3.63, 3.8) is 0 Å². The number of carboxylic acid groups (broad SMARTS) is 1. The fraction of sp³-hybridized carbons (Fsp3) is 0.846. The summed E-state index contributed by atoms with van der Waals surface area (Å²) in [6.45, 7) is 5.17. The highest BCUT2D eigenvalue weighted by atomic mass is 16.5. The van der Waals surface area contributed by atoms with Crippen LogP contribution in [0.15, 0.2) is 0 Å². The number of carbonyl (C=O) groups excluding carboxylic acids is 1. The number of nitrogens with one attached hydrogen (secondary N) is 1. The molecule has 6 nitrogen and oxygen atoms in total. The SMILES string of the molecule is CCN(C(=O)NC1CCCC1OC)C(C)(C)C(=O)O. The Bertz CT molecular complexity index is 344. The molecule has 6 heteroatoms. The molecule has 1 aliphatic carbocycles. The quantitative estimate of drug-likeness (QED) is 0.794. The largest absolute Gasteiger partial charge is 0.480 e. The second-order valence-electron chi connectivity index (χ2n) is 5.37. The number of amides is 2. The van der Waals surface area contributed by atoms with Crippen LogP contribution in [0.5, 0.6) is 0 Å². The normalized spacial score (nSPS) is 23.2. The molecule has 1 rings (SSSR count). The third-order valence-electron chi connectivity index (χ3n) is 3.82. The van der Waals surface area contributed by atoms with Gasteiger partial charge in [-0.3, -0.25) is 0 Å². The molecule has 0 radical (unpaired) electrons. The van der Waals surface area contributed by atoms with Crippen molar-refractivity contribution in [2.45, 2.75) is 57.7 Å². The van der Waals surface area contributed by atoms with Crippen LogP contribution in [0.4, 0.5) is 4.79 Å². The van der Waals surface area contributed by atoms with Crippen LogP contribution in [-0.2, 0) is 9.53 Å². The number of nitrogens with zero attached hydrogens (tertiary/aromatic N) is 1. The highest BCUT2D eigenvalue weighted by Crippen LogP contribution is 2.22. The number of ether oxygens (including phenoxy) is 1. The molecular formula is C13H24N2O4. The van der Waals surface area contributed by atoms with E-state index in [1.165, 1.54) is 18.7 Å². The van der Waals surface area contributed by atoms with Gasteiger partial charge in [0.05, 0.1) is 12.1 Å². The van der Waals surface area contributed by atoms with Crippen molar-refractivity contribution in [1.29, 1.82) is 0 Å². The average Bonchev–Trinajstić information content (AvgIpc) is 2.76. The summed E-state index contributed by atoms with van der Waals surface area (Å²) in [6.07, 6.45) is 2.83. The monoisotopic (exact) mass is 272 g/mol. The smallest absolute Gasteiger partial charge is 0.329 e. The van der Waals surface area contributed by atoms with Gasteiger partial charge in [0.2, 0.25) is 0 Å². The van der Waals surface area contributed by atoms with Crippen LogP contribution in [-0.4, -0.2) is 53.3 Å². The van der Waals surface area contributed by atoms with Gasteiger partial charge < -0.3 is 20.1 Å². The minimum atomic E-state index is -1.22. The minimum absolute atomic E-state index is 0.0237. The van der Waals surface area contributed by atoms with Crippen LogP contribution in [0.1, 0.15) is 40.0 Å². The van der Waals surface area contributed by atoms with Crippen molar-refractivity contribution in [2.75, 3.05) is 13.7 Å². The Labute approximate surface area is 114 Å². The molecule has 2 atom stereocenters. The van der Waals surface area contributed by atoms with Crippen molar-refractivity contribution < 1.29 is 19.4 Å². The van der Waals surface area contributed by atoms with Crippen molar-refractivity contribution >= 4 is 12.0 Å². The molecular weight excluding hydrogens is 248 g/mol. The van der Waals surface area contributed by atoms with E-state index < -0.39 is 11.5 Å². The van der Waals surface area contributed by atoms with Gasteiger partial charge >= 0.3 is 12.0 Å². The molecule has 0 aromatic carbocycles. The van der Waals surface area contributed by atoms with E-state index in [9.17, 15) is 14.7 Å². The summed E-state index contributed by atoms with van der Waals surface area (Å²) < 4.78 is 5.32. The van der Waals surface area contributed by atoms with E-state index in [0.717, 1.165) is 19.3 Å². The minimum Gasteiger partial charge on any atom is -0.480 e. The van der Waals surface area contributed by atoms with Gasteiger partial charge in [0, 0.05) is 13.7 Å². The fourth-order valence-electron chi connectivity index (χ4n) is 2.52. The van der Waals surface area contributed by atoms with E-state index in [0.29, 0.717) is 6.54 Å². The molecule has 0 aliphatic heterocycles. The number of hydrogen-bond acceptors (Lipinski definition) is 3. The molecule has 0 saturated heterocycles. The van der Waals surface area contributed by atoms with Gasteiger partial charge in [-0.15, -0.1) is 0 Å². The van der Waals surface area contributed by atoms with Crippen molar-refractivity contribution in [3.05, 3.63) is 0 Å². The van der Waals surface area contributed by atoms with E-state index >= 15 is 0 Å². The summed E-state index contributed by atoms with van der Waals surface area (Å²) in [5, 5.41) is 12.1. The predicted octanol–water partition coefficient (Wildman–Crippen LogP) is 1.45. The number of urea groups is 1. The third kappa shape index (κ3) is 3.37. The van der Waals surface area contributed by atoms with E-state index in [1.807, 2.05) is 0 Å². The van der Waals surface area contributed by atoms with Crippen LogP contribution < -0.4 is 5.32 Å². The van der Waals surface area contributed by atoms with Crippen LogP contribution in [0.3, 0.4) is 0 Å². The summed E-state index contributed by atoms with van der Waals surface area (Å²) in [5.74, 6) is -1.01. The number of likely N-dealkylation sites (N-methyl/N-ethyl adjacent to an activating group) is 1. The van der Waals surface area contributed by atoms with Crippen LogP contribution in [0.2, 0.25) is 0 Å². The zero-order valence-electron chi connectivity index (χ0n) is 12.1. The zero-order chi connectivity index (χ0) is 14.6. The summed E-state index contributed by atoms with van der Waals surface area (Å²) in [6, 6.07) is -0.375. The number of carbonyl (C=O) groups is 2. The van der Waals surface area contributed by atoms with E-state index in [1.54, 1.807) is 14.0 Å². The lowest BCUT2D eigenvalue weighted by Crippen LogP contribution is -2.58. The molecule has 0 aromatic rings. The maximum absolute atomic E-state index is 12.2. The molecule has 110 valence electrons. The number of aliphatic carboxylic acids is 1. The second kappa shape index (κ2) is 6.23. The Morgan fingerprint density at radius 2 is 2.05 bits per heavy atom. The van der Waals surface area contributed by atoms with Gasteiger partial charge in [-0.1, -0.05) is 0 Å². The maximum Gasteiger partial charge on any atom is 0.329 e. The third-order valence-corrected chi connectivity index (χ3v) is 3.82. The summed E-state index contributed by atoms with van der Waals surface area (Å²) in [4.78, 5) is 24.8. The highest BCUT2D eigenvalue weighted by molar-refractivity contribution is 5.85. The lowest BCUT2D eigenvalue weighted by atomic mass is 10.0. The first kappa shape index (κ1) is 15.8. The summed E-state index contributed by atoms with van der Waals surface area (Å²) in [7, 11) is 1.63. The standard InChI is InChI=1S/C13H24N2O4/c1-5-15(13(2,3)11(16)17)12(18)14-9-7-6-8-10(9)19-4/h9-10H,5-8H2,1-4H3,(H,14,18)(H,16,17). The first-order valence-electron chi connectivity index (χ1n) is 6.68. The fourth-order valence-corrected chi connectivity index (χ4v) is 2.52. The Kier molecular flexibility index (Phi) is 5.17. The highest BCUT2D eigenvalue weighted by Gasteiger charge is 2.38. The molecule has 2 amide bonds. The van der Waals surface area contributed by atoms with Crippen LogP contribution in [0, 0.1) is 0 Å². The number of rotatable bonds is 5. The lowest BCUT2D eigenvalue weighted by Gasteiger charge is -2.35. The van der Waals surface area contributed by atoms with Gasteiger partial charge in [-0.25, -0.2) is 9.59 Å². The lowest BCUT2D eigenvalue weighted by molar-refractivity contribution is -0.147. The van der Waals surface area contributed by atoms with Crippen LogP contribution >= 0.6 is 0 Å². The molecule has 1 aliphatic rings. The maximum atomic E-state index is 12.2. The number of methoxy groups -OCH3 is 1. The molecule has 0 bridgehead atoms.